The van der Waals surface area contributed by atoms with Gasteiger partial charge in [-0.15, -0.1) is 0 Å². The molecule has 178 valence electrons. The lowest BCUT2D eigenvalue weighted by Gasteiger charge is -2.27. The van der Waals surface area contributed by atoms with E-state index in [1.54, 1.807) is 6.92 Å². The number of alkyl halides is 1. The minimum atomic E-state index is -1.26. The standard InChI is InChI=1S/C23H24F2N6O3/c1-9-12(2-10(24)5-26-9)16-3-11(25)7-31(16)23(34)19-17-15(6-27-19)28-8-29-22(17)30-18-13-4-14(13)20(32)21(18)33/h2,5,8,11,13-14,16,18,20-21,32-33H,3-4,6-7H2,1H3,(H,28,29,30)/t11-,13-,14+,16+,18+,20+,21-/m0/s1. The number of amides is 1. The smallest absolute Gasteiger partial charge is 0.273 e. The fourth-order valence-corrected chi connectivity index (χ4v) is 5.72. The van der Waals surface area contributed by atoms with Gasteiger partial charge in [0.25, 0.3) is 5.91 Å². The lowest BCUT2D eigenvalue weighted by Crippen LogP contribution is -2.40. The highest BCUT2D eigenvalue weighted by Gasteiger charge is 2.59. The van der Waals surface area contributed by atoms with Gasteiger partial charge in [0.2, 0.25) is 0 Å². The number of likely N-dealkylation sites (tertiary alicyclic amines) is 1. The number of hydrogen-bond acceptors (Lipinski definition) is 8. The molecule has 0 radical (unpaired) electrons. The lowest BCUT2D eigenvalue weighted by molar-refractivity contribution is -0.125. The van der Waals surface area contributed by atoms with E-state index in [0.717, 1.165) is 12.6 Å². The Bertz CT molecular complexity index is 1210. The summed E-state index contributed by atoms with van der Waals surface area (Å²) in [5.74, 6) is -0.482. The zero-order chi connectivity index (χ0) is 23.7. The Morgan fingerprint density at radius 3 is 2.76 bits per heavy atom. The van der Waals surface area contributed by atoms with E-state index >= 15 is 0 Å². The molecule has 2 saturated carbocycles. The average Bonchev–Trinajstić information content (AvgIpc) is 3.22. The van der Waals surface area contributed by atoms with Gasteiger partial charge in [0.1, 0.15) is 35.9 Å². The summed E-state index contributed by atoms with van der Waals surface area (Å²) >= 11 is 0. The molecule has 9 nitrogen and oxygen atoms in total. The van der Waals surface area contributed by atoms with Gasteiger partial charge in [-0.05, 0) is 36.8 Å². The van der Waals surface area contributed by atoms with Crippen molar-refractivity contribution in [2.24, 2.45) is 16.8 Å². The van der Waals surface area contributed by atoms with Gasteiger partial charge < -0.3 is 20.4 Å². The number of anilines is 1. The Hall–Kier alpha value is -3.05. The van der Waals surface area contributed by atoms with Crippen LogP contribution in [0.4, 0.5) is 14.6 Å². The number of pyridine rings is 1. The van der Waals surface area contributed by atoms with Crippen LogP contribution in [-0.2, 0) is 11.3 Å². The lowest BCUT2D eigenvalue weighted by atomic mass is 10.0. The number of aliphatic imine (C=N–C) groups is 1. The highest BCUT2D eigenvalue weighted by atomic mass is 19.1. The molecule has 2 aromatic heterocycles. The maximum atomic E-state index is 14.5. The third kappa shape index (κ3) is 3.29. The van der Waals surface area contributed by atoms with E-state index in [1.165, 1.54) is 17.3 Å². The molecule has 0 unspecified atom stereocenters. The number of carbonyl (C=O) groups excluding carboxylic acids is 1. The van der Waals surface area contributed by atoms with Crippen LogP contribution in [0.15, 0.2) is 23.6 Å². The molecule has 2 aliphatic carbocycles. The van der Waals surface area contributed by atoms with Crippen LogP contribution in [0.3, 0.4) is 0 Å². The fourth-order valence-electron chi connectivity index (χ4n) is 5.72. The molecule has 11 heteroatoms. The molecule has 0 spiro atoms. The molecule has 4 aliphatic rings. The molecule has 3 N–H and O–H groups in total. The third-order valence-electron chi connectivity index (χ3n) is 7.53. The molecule has 2 aromatic rings. The SMILES string of the molecule is Cc1ncc(F)cc1[C@H]1C[C@H](F)CN1C(=O)C1=NCc2ncnc(N[C@H]3[C@H](O)[C@H](O)[C@@H]4C[C@@H]43)c21. The Labute approximate surface area is 194 Å². The van der Waals surface area contributed by atoms with Gasteiger partial charge in [-0.3, -0.25) is 14.8 Å². The number of aryl methyl sites for hydroxylation is 1. The molecule has 1 amide bonds. The second kappa shape index (κ2) is 7.74. The highest BCUT2D eigenvalue weighted by molar-refractivity contribution is 6.47. The van der Waals surface area contributed by atoms with Gasteiger partial charge in [0, 0.05) is 12.1 Å². The number of aliphatic hydroxyl groups is 2. The number of nitrogens with one attached hydrogen (secondary N) is 1. The number of aromatic nitrogens is 3. The van der Waals surface area contributed by atoms with Crippen molar-refractivity contribution in [3.8, 4) is 0 Å². The molecule has 2 aliphatic heterocycles. The number of fused-ring (bicyclic) bond motifs is 2. The summed E-state index contributed by atoms with van der Waals surface area (Å²) in [5, 5.41) is 23.8. The zero-order valence-corrected chi connectivity index (χ0v) is 18.4. The molecule has 1 saturated heterocycles. The Morgan fingerprint density at radius 1 is 1.18 bits per heavy atom. The van der Waals surface area contributed by atoms with Gasteiger partial charge >= 0.3 is 0 Å². The molecule has 0 bridgehead atoms. The number of halogens is 2. The second-order valence-electron chi connectivity index (χ2n) is 9.56. The Balaban J connectivity index is 1.31. The minimum Gasteiger partial charge on any atom is -0.390 e. The van der Waals surface area contributed by atoms with Crippen LogP contribution >= 0.6 is 0 Å². The van der Waals surface area contributed by atoms with Crippen LogP contribution in [-0.4, -0.2) is 72.6 Å². The van der Waals surface area contributed by atoms with Crippen molar-refractivity contribution in [2.45, 2.75) is 56.8 Å². The summed E-state index contributed by atoms with van der Waals surface area (Å²) in [4.78, 5) is 32.0. The first-order valence-electron chi connectivity index (χ1n) is 11.4. The maximum Gasteiger partial charge on any atom is 0.273 e. The van der Waals surface area contributed by atoms with Crippen LogP contribution in [0.5, 0.6) is 0 Å². The number of nitrogens with zero attached hydrogens (tertiary/aromatic N) is 5. The molecule has 0 aromatic carbocycles. The van der Waals surface area contributed by atoms with Gasteiger partial charge in [-0.1, -0.05) is 0 Å². The van der Waals surface area contributed by atoms with Gasteiger partial charge in [0.15, 0.2) is 0 Å². The van der Waals surface area contributed by atoms with E-state index < -0.39 is 42.2 Å². The quantitative estimate of drug-likeness (QED) is 0.611. The first-order chi connectivity index (χ1) is 16.3. The Kier molecular flexibility index (Phi) is 4.89. The highest BCUT2D eigenvalue weighted by Crippen LogP contribution is 2.53. The van der Waals surface area contributed by atoms with E-state index in [4.69, 9.17) is 0 Å². The largest absolute Gasteiger partial charge is 0.390 e. The molecule has 6 rings (SSSR count). The monoisotopic (exact) mass is 470 g/mol. The number of hydrogen-bond donors (Lipinski definition) is 3. The summed E-state index contributed by atoms with van der Waals surface area (Å²) in [5.41, 5.74) is 2.09. The molecular formula is C23H24F2N6O3. The summed E-state index contributed by atoms with van der Waals surface area (Å²) < 4.78 is 28.4. The van der Waals surface area contributed by atoms with Gasteiger partial charge in [0.05, 0.1) is 48.7 Å². The van der Waals surface area contributed by atoms with Crippen molar-refractivity contribution in [2.75, 3.05) is 11.9 Å². The van der Waals surface area contributed by atoms with Crippen molar-refractivity contribution >= 4 is 17.4 Å². The van der Waals surface area contributed by atoms with E-state index in [0.29, 0.717) is 28.3 Å². The molecule has 34 heavy (non-hydrogen) atoms. The van der Waals surface area contributed by atoms with Crippen molar-refractivity contribution in [1.29, 1.82) is 0 Å². The van der Waals surface area contributed by atoms with E-state index in [1.807, 2.05) is 0 Å². The molecule has 4 heterocycles. The van der Waals surface area contributed by atoms with Crippen LogP contribution in [0, 0.1) is 24.6 Å². The summed E-state index contributed by atoms with van der Waals surface area (Å²) in [6.45, 7) is 1.74. The first-order valence-corrected chi connectivity index (χ1v) is 11.4. The summed E-state index contributed by atoms with van der Waals surface area (Å²) in [6, 6.07) is 0.231. The number of rotatable bonds is 4. The van der Waals surface area contributed by atoms with Crippen LogP contribution < -0.4 is 5.32 Å². The predicted molar refractivity (Wildman–Crippen MR) is 116 cm³/mol. The number of aliphatic hydroxyl groups excluding tert-OH is 2. The van der Waals surface area contributed by atoms with Crippen LogP contribution in [0.2, 0.25) is 0 Å². The van der Waals surface area contributed by atoms with Crippen molar-refractivity contribution in [1.82, 2.24) is 19.9 Å². The van der Waals surface area contributed by atoms with Gasteiger partial charge in [-0.25, -0.2) is 18.7 Å². The predicted octanol–water partition coefficient (Wildman–Crippen LogP) is 1.09. The minimum absolute atomic E-state index is 0.0451. The Morgan fingerprint density at radius 2 is 2.00 bits per heavy atom. The van der Waals surface area contributed by atoms with Crippen molar-refractivity contribution in [3.63, 3.8) is 0 Å². The number of carbonyl (C=O) groups is 1. The second-order valence-corrected chi connectivity index (χ2v) is 9.56. The molecule has 7 atom stereocenters. The third-order valence-corrected chi connectivity index (χ3v) is 7.53. The average molecular weight is 470 g/mol. The first kappa shape index (κ1) is 21.5. The molecule has 3 fully saturated rings. The van der Waals surface area contributed by atoms with Gasteiger partial charge in [-0.2, -0.15) is 0 Å². The topological polar surface area (TPSA) is 124 Å². The fraction of sp³-hybridized carbons (Fsp3) is 0.522. The van der Waals surface area contributed by atoms with E-state index in [-0.39, 0.29) is 37.1 Å². The molecular weight excluding hydrogens is 446 g/mol. The van der Waals surface area contributed by atoms with E-state index in [9.17, 15) is 23.8 Å². The normalized spacial score (nSPS) is 33.5. The van der Waals surface area contributed by atoms with E-state index in [2.05, 4.69) is 25.3 Å². The van der Waals surface area contributed by atoms with Crippen molar-refractivity contribution < 1.29 is 23.8 Å². The summed E-state index contributed by atoms with van der Waals surface area (Å²) in [6.07, 6.45) is 0.334. The zero-order valence-electron chi connectivity index (χ0n) is 18.4. The maximum absolute atomic E-state index is 14.5. The van der Waals surface area contributed by atoms with Crippen molar-refractivity contribution in [3.05, 3.63) is 46.9 Å². The summed E-state index contributed by atoms with van der Waals surface area (Å²) in [7, 11) is 0. The van der Waals surface area contributed by atoms with Crippen LogP contribution in [0.25, 0.3) is 0 Å². The van der Waals surface area contributed by atoms with Crippen LogP contribution in [0.1, 0.15) is 41.4 Å².